The molecule has 2 amide bonds. The molecule has 0 bridgehead atoms. The van der Waals surface area contributed by atoms with Gasteiger partial charge in [0.25, 0.3) is 11.8 Å². The van der Waals surface area contributed by atoms with E-state index in [1.165, 1.54) is 26.4 Å². The summed E-state index contributed by atoms with van der Waals surface area (Å²) in [6.07, 6.45) is 1.20. The topological polar surface area (TPSA) is 67.9 Å². The number of carbonyl (C=O) groups is 2. The summed E-state index contributed by atoms with van der Waals surface area (Å²) in [5.41, 5.74) is 0.811. The van der Waals surface area contributed by atoms with Gasteiger partial charge in [-0.3, -0.25) is 9.59 Å². The first-order valence-corrected chi connectivity index (χ1v) is 8.24. The Morgan fingerprint density at radius 2 is 1.54 bits per heavy atom. The van der Waals surface area contributed by atoms with E-state index in [0.29, 0.717) is 27.2 Å². The summed E-state index contributed by atoms with van der Waals surface area (Å²) in [7, 11) is 2.94. The predicted octanol–water partition coefficient (Wildman–Crippen LogP) is 3.88. The standard InChI is InChI=1S/C18H14Cl2N2O4/c1-25-15-5-3-10(19)7-12(15)21-13-9-17(23)22(18(13)24)14-8-11(20)4-6-16(14)26-2/h3-9,21H,1-2H3. The highest BCUT2D eigenvalue weighted by molar-refractivity contribution is 6.34. The summed E-state index contributed by atoms with van der Waals surface area (Å²) < 4.78 is 10.5. The number of imide groups is 1. The molecule has 0 saturated heterocycles. The molecule has 6 nitrogen and oxygen atoms in total. The van der Waals surface area contributed by atoms with Gasteiger partial charge in [0.1, 0.15) is 17.2 Å². The molecule has 3 rings (SSSR count). The Kier molecular flexibility index (Phi) is 5.06. The minimum atomic E-state index is -0.544. The van der Waals surface area contributed by atoms with Crippen LogP contribution in [0.1, 0.15) is 0 Å². The third-order valence-electron chi connectivity index (χ3n) is 3.73. The lowest BCUT2D eigenvalue weighted by Crippen LogP contribution is -2.32. The van der Waals surface area contributed by atoms with Crippen LogP contribution in [-0.2, 0) is 9.59 Å². The van der Waals surface area contributed by atoms with E-state index in [-0.39, 0.29) is 11.4 Å². The van der Waals surface area contributed by atoms with Gasteiger partial charge in [0, 0.05) is 16.1 Å². The van der Waals surface area contributed by atoms with E-state index in [9.17, 15) is 9.59 Å². The molecular formula is C18H14Cl2N2O4. The molecule has 0 radical (unpaired) electrons. The van der Waals surface area contributed by atoms with Crippen LogP contribution >= 0.6 is 23.2 Å². The van der Waals surface area contributed by atoms with Gasteiger partial charge in [-0.15, -0.1) is 0 Å². The number of nitrogens with one attached hydrogen (secondary N) is 1. The van der Waals surface area contributed by atoms with Crippen molar-refractivity contribution < 1.29 is 19.1 Å². The average Bonchev–Trinajstić information content (AvgIpc) is 2.88. The molecule has 26 heavy (non-hydrogen) atoms. The van der Waals surface area contributed by atoms with E-state index in [0.717, 1.165) is 4.90 Å². The van der Waals surface area contributed by atoms with E-state index >= 15 is 0 Å². The first-order chi connectivity index (χ1) is 12.4. The van der Waals surface area contributed by atoms with Gasteiger partial charge in [0.15, 0.2) is 0 Å². The number of amides is 2. The molecule has 1 aliphatic rings. The Morgan fingerprint density at radius 1 is 0.923 bits per heavy atom. The number of carbonyl (C=O) groups excluding carboxylic acids is 2. The molecule has 2 aromatic rings. The lowest BCUT2D eigenvalue weighted by molar-refractivity contribution is -0.120. The Morgan fingerprint density at radius 3 is 2.19 bits per heavy atom. The highest BCUT2D eigenvalue weighted by Gasteiger charge is 2.34. The number of nitrogens with zero attached hydrogens (tertiary/aromatic N) is 1. The molecule has 0 aliphatic carbocycles. The molecule has 0 saturated carbocycles. The van der Waals surface area contributed by atoms with Gasteiger partial charge in [0.2, 0.25) is 0 Å². The average molecular weight is 393 g/mol. The molecule has 134 valence electrons. The second-order valence-electron chi connectivity index (χ2n) is 5.32. The summed E-state index contributed by atoms with van der Waals surface area (Å²) in [5, 5.41) is 3.73. The molecule has 1 aliphatic heterocycles. The second-order valence-corrected chi connectivity index (χ2v) is 6.20. The highest BCUT2D eigenvalue weighted by atomic mass is 35.5. The second kappa shape index (κ2) is 7.27. The molecule has 8 heteroatoms. The van der Waals surface area contributed by atoms with Crippen LogP contribution in [0.25, 0.3) is 0 Å². The minimum Gasteiger partial charge on any atom is -0.495 e. The lowest BCUT2D eigenvalue weighted by atomic mass is 10.2. The van der Waals surface area contributed by atoms with Crippen LogP contribution in [0.15, 0.2) is 48.2 Å². The maximum absolute atomic E-state index is 12.8. The number of hydrogen-bond donors (Lipinski definition) is 1. The number of anilines is 2. The fourth-order valence-corrected chi connectivity index (χ4v) is 2.89. The molecule has 1 heterocycles. The number of ether oxygens (including phenoxy) is 2. The van der Waals surface area contributed by atoms with Crippen molar-refractivity contribution in [1.82, 2.24) is 0 Å². The fraction of sp³-hybridized carbons (Fsp3) is 0.111. The number of hydrogen-bond acceptors (Lipinski definition) is 5. The highest BCUT2D eigenvalue weighted by Crippen LogP contribution is 2.35. The Hall–Kier alpha value is -2.70. The largest absolute Gasteiger partial charge is 0.495 e. The monoisotopic (exact) mass is 392 g/mol. The van der Waals surface area contributed by atoms with Crippen molar-refractivity contribution in [3.8, 4) is 11.5 Å². The van der Waals surface area contributed by atoms with Crippen molar-refractivity contribution in [2.24, 2.45) is 0 Å². The summed E-state index contributed by atoms with van der Waals surface area (Å²) >= 11 is 12.0. The zero-order valence-electron chi connectivity index (χ0n) is 13.9. The van der Waals surface area contributed by atoms with Crippen LogP contribution in [0.5, 0.6) is 11.5 Å². The summed E-state index contributed by atoms with van der Waals surface area (Å²) in [5.74, 6) is -0.225. The Bertz CT molecular complexity index is 927. The van der Waals surface area contributed by atoms with Crippen LogP contribution in [0.3, 0.4) is 0 Å². The van der Waals surface area contributed by atoms with Crippen LogP contribution in [0.4, 0.5) is 11.4 Å². The third kappa shape index (κ3) is 3.34. The van der Waals surface area contributed by atoms with Crippen molar-refractivity contribution in [3.63, 3.8) is 0 Å². The molecule has 0 atom stereocenters. The molecule has 1 N–H and O–H groups in total. The number of halogens is 2. The van der Waals surface area contributed by atoms with Crippen molar-refractivity contribution in [1.29, 1.82) is 0 Å². The Balaban J connectivity index is 1.94. The number of rotatable bonds is 5. The SMILES string of the molecule is COc1ccc(Cl)cc1NC1=CC(=O)N(c2cc(Cl)ccc2OC)C1=O. The van der Waals surface area contributed by atoms with Crippen molar-refractivity contribution in [2.45, 2.75) is 0 Å². The predicted molar refractivity (Wildman–Crippen MR) is 100 cm³/mol. The van der Waals surface area contributed by atoms with E-state index in [4.69, 9.17) is 32.7 Å². The van der Waals surface area contributed by atoms with Crippen molar-refractivity contribution in [3.05, 3.63) is 58.2 Å². The first kappa shape index (κ1) is 18.1. The van der Waals surface area contributed by atoms with Gasteiger partial charge in [-0.05, 0) is 36.4 Å². The fourth-order valence-electron chi connectivity index (χ4n) is 2.55. The van der Waals surface area contributed by atoms with E-state index < -0.39 is 11.8 Å². The van der Waals surface area contributed by atoms with Gasteiger partial charge in [-0.1, -0.05) is 23.2 Å². The normalized spacial score (nSPS) is 13.7. The number of benzene rings is 2. The van der Waals surface area contributed by atoms with Crippen LogP contribution in [0.2, 0.25) is 10.0 Å². The van der Waals surface area contributed by atoms with Crippen molar-refractivity contribution >= 4 is 46.4 Å². The van der Waals surface area contributed by atoms with E-state index in [2.05, 4.69) is 5.32 Å². The molecule has 0 aromatic heterocycles. The van der Waals surface area contributed by atoms with Gasteiger partial charge < -0.3 is 14.8 Å². The van der Waals surface area contributed by atoms with Gasteiger partial charge in [-0.2, -0.15) is 0 Å². The van der Waals surface area contributed by atoms with Gasteiger partial charge in [0.05, 0.1) is 25.6 Å². The number of methoxy groups -OCH3 is 2. The summed E-state index contributed by atoms with van der Waals surface area (Å²) in [6.45, 7) is 0. The van der Waals surface area contributed by atoms with Crippen molar-refractivity contribution in [2.75, 3.05) is 24.4 Å². The summed E-state index contributed by atoms with van der Waals surface area (Å²) in [4.78, 5) is 26.2. The van der Waals surface area contributed by atoms with E-state index in [1.807, 2.05) is 0 Å². The van der Waals surface area contributed by atoms with Gasteiger partial charge >= 0.3 is 0 Å². The van der Waals surface area contributed by atoms with Crippen LogP contribution in [-0.4, -0.2) is 26.0 Å². The van der Waals surface area contributed by atoms with Gasteiger partial charge in [-0.25, -0.2) is 4.90 Å². The third-order valence-corrected chi connectivity index (χ3v) is 4.20. The maximum atomic E-state index is 12.8. The smallest absolute Gasteiger partial charge is 0.282 e. The first-order valence-electron chi connectivity index (χ1n) is 7.49. The van der Waals surface area contributed by atoms with E-state index in [1.54, 1.807) is 30.3 Å². The van der Waals surface area contributed by atoms with Crippen LogP contribution < -0.4 is 19.7 Å². The maximum Gasteiger partial charge on any atom is 0.282 e. The molecular weight excluding hydrogens is 379 g/mol. The quantitative estimate of drug-likeness (QED) is 0.781. The minimum absolute atomic E-state index is 0.0811. The molecule has 0 unspecified atom stereocenters. The summed E-state index contributed by atoms with van der Waals surface area (Å²) in [6, 6.07) is 9.60. The molecule has 2 aromatic carbocycles. The zero-order chi connectivity index (χ0) is 18.8. The molecule has 0 fully saturated rings. The zero-order valence-corrected chi connectivity index (χ0v) is 15.4. The molecule has 0 spiro atoms. The lowest BCUT2D eigenvalue weighted by Gasteiger charge is -2.19. The van der Waals surface area contributed by atoms with Crippen LogP contribution in [0, 0.1) is 0 Å². The Labute approximate surface area is 159 Å².